The molecule has 0 unspecified atom stereocenters. The van der Waals surface area contributed by atoms with Gasteiger partial charge in [0, 0.05) is 12.2 Å². The maximum atomic E-state index is 13.2. The first-order valence-electron chi connectivity index (χ1n) is 10.1. The number of para-hydroxylation sites is 1. The number of hydrogen-bond acceptors (Lipinski definition) is 4. The van der Waals surface area contributed by atoms with E-state index in [0.29, 0.717) is 23.7 Å². The van der Waals surface area contributed by atoms with Crippen LogP contribution in [0.25, 0.3) is 0 Å². The number of sulfonamides is 1. The van der Waals surface area contributed by atoms with Gasteiger partial charge in [0.2, 0.25) is 0 Å². The Labute approximate surface area is 182 Å². The lowest BCUT2D eigenvalue weighted by Gasteiger charge is -2.31. The van der Waals surface area contributed by atoms with Crippen LogP contribution in [0.1, 0.15) is 17.5 Å². The highest BCUT2D eigenvalue weighted by Crippen LogP contribution is 2.34. The van der Waals surface area contributed by atoms with Crippen molar-refractivity contribution in [3.05, 3.63) is 83.9 Å². The van der Waals surface area contributed by atoms with Gasteiger partial charge in [0.05, 0.1) is 10.6 Å². The summed E-state index contributed by atoms with van der Waals surface area (Å²) < 4.78 is 33.4. The Hall–Kier alpha value is -3.32. The first-order chi connectivity index (χ1) is 14.9. The van der Waals surface area contributed by atoms with Gasteiger partial charge in [-0.1, -0.05) is 42.5 Å². The Morgan fingerprint density at radius 1 is 1.03 bits per heavy atom. The lowest BCUT2D eigenvalue weighted by molar-refractivity contribution is -0.118. The Bertz CT molecular complexity index is 1190. The molecular weight excluding hydrogens is 412 g/mol. The average molecular weight is 437 g/mol. The van der Waals surface area contributed by atoms with Crippen LogP contribution in [0.2, 0.25) is 0 Å². The van der Waals surface area contributed by atoms with Gasteiger partial charge in [-0.2, -0.15) is 0 Å². The van der Waals surface area contributed by atoms with Crippen molar-refractivity contribution in [3.8, 4) is 5.75 Å². The summed E-state index contributed by atoms with van der Waals surface area (Å²) in [5.41, 5.74) is 3.03. The van der Waals surface area contributed by atoms with E-state index in [4.69, 9.17) is 4.74 Å². The van der Waals surface area contributed by atoms with Gasteiger partial charge < -0.3 is 10.1 Å². The molecule has 0 bridgehead atoms. The summed E-state index contributed by atoms with van der Waals surface area (Å²) in [4.78, 5) is 12.7. The van der Waals surface area contributed by atoms with E-state index >= 15 is 0 Å². The summed E-state index contributed by atoms with van der Waals surface area (Å²) >= 11 is 0. The van der Waals surface area contributed by atoms with Gasteiger partial charge in [-0.05, 0) is 61.2 Å². The SMILES string of the molecule is Cc1ccccc1OCC(=O)Nc1ccc2c(c1)N(S(=O)(=O)c1ccccc1)CCC2. The van der Waals surface area contributed by atoms with E-state index in [0.717, 1.165) is 24.0 Å². The van der Waals surface area contributed by atoms with Gasteiger partial charge >= 0.3 is 0 Å². The molecule has 1 amide bonds. The number of fused-ring (bicyclic) bond motifs is 1. The summed E-state index contributed by atoms with van der Waals surface area (Å²) in [6.45, 7) is 2.18. The van der Waals surface area contributed by atoms with Crippen molar-refractivity contribution in [2.24, 2.45) is 0 Å². The monoisotopic (exact) mass is 436 g/mol. The van der Waals surface area contributed by atoms with E-state index in [1.807, 2.05) is 37.3 Å². The lowest BCUT2D eigenvalue weighted by Crippen LogP contribution is -2.35. The van der Waals surface area contributed by atoms with Crippen molar-refractivity contribution in [1.29, 1.82) is 0 Å². The number of rotatable bonds is 6. The highest BCUT2D eigenvalue weighted by Gasteiger charge is 2.29. The minimum Gasteiger partial charge on any atom is -0.483 e. The van der Waals surface area contributed by atoms with Crippen molar-refractivity contribution >= 4 is 27.3 Å². The predicted octanol–water partition coefficient (Wildman–Crippen LogP) is 4.15. The molecule has 4 rings (SSSR count). The van der Waals surface area contributed by atoms with Crippen molar-refractivity contribution < 1.29 is 17.9 Å². The van der Waals surface area contributed by atoms with Crippen LogP contribution in [-0.2, 0) is 21.2 Å². The molecule has 1 aliphatic heterocycles. The number of amides is 1. The third kappa shape index (κ3) is 4.56. The largest absolute Gasteiger partial charge is 0.483 e. The Kier molecular flexibility index (Phi) is 5.95. The van der Waals surface area contributed by atoms with Crippen molar-refractivity contribution in [3.63, 3.8) is 0 Å². The second kappa shape index (κ2) is 8.81. The number of carbonyl (C=O) groups excluding carboxylic acids is 1. The topological polar surface area (TPSA) is 75.7 Å². The summed E-state index contributed by atoms with van der Waals surface area (Å²) in [7, 11) is -3.68. The average Bonchev–Trinajstić information content (AvgIpc) is 2.78. The highest BCUT2D eigenvalue weighted by atomic mass is 32.2. The van der Waals surface area contributed by atoms with Crippen LogP contribution in [0.3, 0.4) is 0 Å². The fourth-order valence-corrected chi connectivity index (χ4v) is 5.20. The molecule has 1 aliphatic rings. The normalized spacial score (nSPS) is 13.4. The summed E-state index contributed by atoms with van der Waals surface area (Å²) in [5.74, 6) is 0.347. The van der Waals surface area contributed by atoms with Crippen molar-refractivity contribution in [2.75, 3.05) is 22.8 Å². The van der Waals surface area contributed by atoms with Gasteiger partial charge in [0.1, 0.15) is 5.75 Å². The highest BCUT2D eigenvalue weighted by molar-refractivity contribution is 7.92. The zero-order valence-electron chi connectivity index (χ0n) is 17.2. The Morgan fingerprint density at radius 3 is 2.55 bits per heavy atom. The molecule has 0 saturated heterocycles. The standard InChI is InChI=1S/C24H24N2O4S/c1-18-8-5-6-12-23(18)30-17-24(27)25-20-14-13-19-9-7-15-26(22(19)16-20)31(28,29)21-10-3-2-4-11-21/h2-6,8,10-14,16H,7,9,15,17H2,1H3,(H,25,27). The van der Waals surface area contributed by atoms with E-state index in [9.17, 15) is 13.2 Å². The molecule has 3 aromatic rings. The van der Waals surface area contributed by atoms with Crippen molar-refractivity contribution in [1.82, 2.24) is 0 Å². The van der Waals surface area contributed by atoms with Crippen LogP contribution < -0.4 is 14.4 Å². The van der Waals surface area contributed by atoms with Crippen LogP contribution in [0, 0.1) is 6.92 Å². The summed E-state index contributed by atoms with van der Waals surface area (Å²) in [6.07, 6.45) is 1.54. The number of benzene rings is 3. The molecule has 0 atom stereocenters. The molecule has 0 fully saturated rings. The maximum Gasteiger partial charge on any atom is 0.264 e. The number of anilines is 2. The fourth-order valence-electron chi connectivity index (χ4n) is 3.65. The molecule has 160 valence electrons. The van der Waals surface area contributed by atoms with E-state index in [2.05, 4.69) is 5.32 Å². The first-order valence-corrected chi connectivity index (χ1v) is 11.6. The zero-order valence-corrected chi connectivity index (χ0v) is 18.1. The quantitative estimate of drug-likeness (QED) is 0.630. The molecule has 0 saturated carbocycles. The molecule has 0 aromatic heterocycles. The van der Waals surface area contributed by atoms with E-state index < -0.39 is 10.0 Å². The number of aryl methyl sites for hydroxylation is 2. The lowest BCUT2D eigenvalue weighted by atomic mass is 10.0. The van der Waals surface area contributed by atoms with Gasteiger partial charge in [0.25, 0.3) is 15.9 Å². The predicted molar refractivity (Wildman–Crippen MR) is 121 cm³/mol. The molecule has 0 radical (unpaired) electrons. The molecule has 0 spiro atoms. The number of ether oxygens (including phenoxy) is 1. The van der Waals surface area contributed by atoms with Crippen LogP contribution >= 0.6 is 0 Å². The molecule has 1 heterocycles. The minimum atomic E-state index is -3.68. The van der Waals surface area contributed by atoms with Crippen LogP contribution in [0.5, 0.6) is 5.75 Å². The minimum absolute atomic E-state index is 0.131. The molecule has 7 heteroatoms. The second-order valence-corrected chi connectivity index (χ2v) is 9.30. The zero-order chi connectivity index (χ0) is 21.8. The van der Waals surface area contributed by atoms with Crippen LogP contribution in [0.4, 0.5) is 11.4 Å². The molecular formula is C24H24N2O4S. The Morgan fingerprint density at radius 2 is 1.77 bits per heavy atom. The van der Waals surface area contributed by atoms with Crippen LogP contribution in [0.15, 0.2) is 77.7 Å². The molecule has 6 nitrogen and oxygen atoms in total. The van der Waals surface area contributed by atoms with E-state index in [1.54, 1.807) is 42.5 Å². The molecule has 0 aliphatic carbocycles. The summed E-state index contributed by atoms with van der Waals surface area (Å²) in [5, 5.41) is 2.81. The molecule has 3 aromatic carbocycles. The van der Waals surface area contributed by atoms with Gasteiger partial charge in [-0.25, -0.2) is 8.42 Å². The van der Waals surface area contributed by atoms with Gasteiger partial charge in [-0.3, -0.25) is 9.10 Å². The Balaban J connectivity index is 1.52. The number of hydrogen-bond donors (Lipinski definition) is 1. The van der Waals surface area contributed by atoms with Crippen molar-refractivity contribution in [2.45, 2.75) is 24.7 Å². The van der Waals surface area contributed by atoms with Crippen LogP contribution in [-0.4, -0.2) is 27.5 Å². The molecule has 31 heavy (non-hydrogen) atoms. The first kappa shape index (κ1) is 20.9. The summed E-state index contributed by atoms with van der Waals surface area (Å²) in [6, 6.07) is 21.3. The van der Waals surface area contributed by atoms with Gasteiger partial charge in [0.15, 0.2) is 6.61 Å². The smallest absolute Gasteiger partial charge is 0.264 e. The molecule has 1 N–H and O–H groups in total. The third-order valence-corrected chi connectivity index (χ3v) is 7.06. The number of carbonyl (C=O) groups is 1. The second-order valence-electron chi connectivity index (χ2n) is 7.44. The van der Waals surface area contributed by atoms with E-state index in [1.165, 1.54) is 4.31 Å². The van der Waals surface area contributed by atoms with Gasteiger partial charge in [-0.15, -0.1) is 0 Å². The maximum absolute atomic E-state index is 13.2. The third-order valence-electron chi connectivity index (χ3n) is 5.23. The fraction of sp³-hybridized carbons (Fsp3) is 0.208. The number of nitrogens with zero attached hydrogens (tertiary/aromatic N) is 1. The number of nitrogens with one attached hydrogen (secondary N) is 1. The van der Waals surface area contributed by atoms with E-state index in [-0.39, 0.29) is 17.4 Å².